The fourth-order valence-electron chi connectivity index (χ4n) is 2.66. The molecule has 0 aromatic heterocycles. The quantitative estimate of drug-likeness (QED) is 0.508. The van der Waals surface area contributed by atoms with Crippen LogP contribution in [-0.4, -0.2) is 11.6 Å². The van der Waals surface area contributed by atoms with Crippen molar-refractivity contribution in [1.82, 2.24) is 0 Å². The Kier molecular flexibility index (Phi) is 6.68. The summed E-state index contributed by atoms with van der Waals surface area (Å²) in [5.74, 6) is -0.421. The van der Waals surface area contributed by atoms with E-state index in [0.29, 0.717) is 19.3 Å². The Balaban J connectivity index is 2.07. The van der Waals surface area contributed by atoms with Crippen molar-refractivity contribution in [3.8, 4) is 0 Å². The molecule has 2 rings (SSSR count). The zero-order valence-corrected chi connectivity index (χ0v) is 14.4. The molecular weight excluding hydrogens is 296 g/mol. The van der Waals surface area contributed by atoms with Crippen LogP contribution in [0.2, 0.25) is 0 Å². The first-order valence-electron chi connectivity index (χ1n) is 8.51. The molecule has 0 aliphatic carbocycles. The van der Waals surface area contributed by atoms with Gasteiger partial charge < -0.3 is 0 Å². The summed E-state index contributed by atoms with van der Waals surface area (Å²) in [6.45, 7) is 3.63. The van der Waals surface area contributed by atoms with E-state index in [1.807, 2.05) is 56.3 Å². The van der Waals surface area contributed by atoms with E-state index < -0.39 is 5.92 Å². The SMILES string of the molecule is CCC(=O)C(Cc1ccc(/C=C/c2ccccc2)cc1)C(=O)CC. The van der Waals surface area contributed by atoms with Crippen molar-refractivity contribution < 1.29 is 9.59 Å². The molecule has 0 spiro atoms. The first kappa shape index (κ1) is 17.9. The molecule has 0 saturated carbocycles. The molecule has 0 bridgehead atoms. The normalized spacial score (nSPS) is 11.1. The number of hydrogen-bond donors (Lipinski definition) is 0. The molecule has 2 aromatic carbocycles. The van der Waals surface area contributed by atoms with E-state index in [2.05, 4.69) is 24.3 Å². The molecule has 0 unspecified atom stereocenters. The van der Waals surface area contributed by atoms with Gasteiger partial charge >= 0.3 is 0 Å². The molecule has 0 saturated heterocycles. The fourth-order valence-corrected chi connectivity index (χ4v) is 2.66. The summed E-state index contributed by atoms with van der Waals surface area (Å²) in [7, 11) is 0. The van der Waals surface area contributed by atoms with E-state index >= 15 is 0 Å². The van der Waals surface area contributed by atoms with Gasteiger partial charge in [-0.15, -0.1) is 0 Å². The van der Waals surface area contributed by atoms with E-state index in [9.17, 15) is 9.59 Å². The van der Waals surface area contributed by atoms with Crippen LogP contribution in [0.5, 0.6) is 0 Å². The van der Waals surface area contributed by atoms with Gasteiger partial charge in [-0.2, -0.15) is 0 Å². The Morgan fingerprint density at radius 2 is 1.29 bits per heavy atom. The van der Waals surface area contributed by atoms with Crippen LogP contribution in [0.25, 0.3) is 12.2 Å². The molecule has 2 nitrogen and oxygen atoms in total. The van der Waals surface area contributed by atoms with E-state index in [-0.39, 0.29) is 11.6 Å². The molecule has 0 aliphatic rings. The second-order valence-corrected chi connectivity index (χ2v) is 5.88. The molecule has 0 heterocycles. The average molecular weight is 320 g/mol. The molecule has 0 radical (unpaired) electrons. The minimum Gasteiger partial charge on any atom is -0.299 e. The number of carbonyl (C=O) groups excluding carboxylic acids is 2. The lowest BCUT2D eigenvalue weighted by Crippen LogP contribution is -2.25. The van der Waals surface area contributed by atoms with Crippen LogP contribution in [0.3, 0.4) is 0 Å². The summed E-state index contributed by atoms with van der Waals surface area (Å²) in [4.78, 5) is 24.0. The monoisotopic (exact) mass is 320 g/mol. The van der Waals surface area contributed by atoms with Crippen LogP contribution in [0.15, 0.2) is 54.6 Å². The number of Topliss-reactive ketones (excluding diaryl/α,β-unsaturated/α-hetero) is 2. The third kappa shape index (κ3) is 5.02. The maximum atomic E-state index is 12.0. The van der Waals surface area contributed by atoms with Crippen LogP contribution < -0.4 is 0 Å². The molecule has 0 aliphatic heterocycles. The van der Waals surface area contributed by atoms with E-state index in [0.717, 1.165) is 16.7 Å². The molecule has 0 N–H and O–H groups in total. The molecule has 24 heavy (non-hydrogen) atoms. The Morgan fingerprint density at radius 1 is 0.792 bits per heavy atom. The number of hydrogen-bond acceptors (Lipinski definition) is 2. The van der Waals surface area contributed by atoms with Crippen molar-refractivity contribution in [2.75, 3.05) is 0 Å². The lowest BCUT2D eigenvalue weighted by atomic mass is 9.89. The highest BCUT2D eigenvalue weighted by Crippen LogP contribution is 2.16. The maximum Gasteiger partial charge on any atom is 0.143 e. The summed E-state index contributed by atoms with van der Waals surface area (Å²) in [6, 6.07) is 18.2. The van der Waals surface area contributed by atoms with Gasteiger partial charge in [0.2, 0.25) is 0 Å². The number of rotatable bonds is 8. The lowest BCUT2D eigenvalue weighted by molar-refractivity contribution is -0.132. The topological polar surface area (TPSA) is 34.1 Å². The smallest absolute Gasteiger partial charge is 0.143 e. The summed E-state index contributed by atoms with van der Waals surface area (Å²) in [5.41, 5.74) is 3.28. The largest absolute Gasteiger partial charge is 0.299 e. The predicted molar refractivity (Wildman–Crippen MR) is 99.6 cm³/mol. The number of benzene rings is 2. The van der Waals surface area contributed by atoms with Gasteiger partial charge in [0.1, 0.15) is 11.6 Å². The summed E-state index contributed by atoms with van der Waals surface area (Å²) < 4.78 is 0. The molecular formula is C22H24O2. The molecule has 2 aromatic rings. The minimum atomic E-state index is -0.495. The van der Waals surface area contributed by atoms with Crippen LogP contribution in [0.4, 0.5) is 0 Å². The van der Waals surface area contributed by atoms with Crippen molar-refractivity contribution in [2.24, 2.45) is 5.92 Å². The van der Waals surface area contributed by atoms with E-state index in [1.165, 1.54) is 0 Å². The standard InChI is InChI=1S/C22H24O2/c1-3-21(23)20(22(24)4-2)16-19-14-12-18(13-15-19)11-10-17-8-6-5-7-9-17/h5-15,20H,3-4,16H2,1-2H3/b11-10+. The molecule has 0 fully saturated rings. The molecule has 2 heteroatoms. The zero-order valence-electron chi connectivity index (χ0n) is 14.4. The maximum absolute atomic E-state index is 12.0. The van der Waals surface area contributed by atoms with E-state index in [1.54, 1.807) is 0 Å². The zero-order chi connectivity index (χ0) is 17.4. The first-order chi connectivity index (χ1) is 11.6. The highest BCUT2D eigenvalue weighted by Gasteiger charge is 2.23. The molecule has 0 amide bonds. The number of ketones is 2. The van der Waals surface area contributed by atoms with Crippen LogP contribution >= 0.6 is 0 Å². The van der Waals surface area contributed by atoms with Crippen LogP contribution in [0, 0.1) is 5.92 Å². The van der Waals surface area contributed by atoms with Gasteiger partial charge in [0.05, 0.1) is 5.92 Å². The highest BCUT2D eigenvalue weighted by atomic mass is 16.1. The van der Waals surface area contributed by atoms with E-state index in [4.69, 9.17) is 0 Å². The van der Waals surface area contributed by atoms with Crippen molar-refractivity contribution in [3.63, 3.8) is 0 Å². The summed E-state index contributed by atoms with van der Waals surface area (Å²) >= 11 is 0. The summed E-state index contributed by atoms with van der Waals surface area (Å²) in [5, 5.41) is 0. The van der Waals surface area contributed by atoms with Gasteiger partial charge in [-0.05, 0) is 23.1 Å². The number of carbonyl (C=O) groups is 2. The van der Waals surface area contributed by atoms with Crippen molar-refractivity contribution in [2.45, 2.75) is 33.1 Å². The Hall–Kier alpha value is -2.48. The van der Waals surface area contributed by atoms with Gasteiger partial charge in [0, 0.05) is 12.8 Å². The fraction of sp³-hybridized carbons (Fsp3) is 0.273. The molecule has 0 atom stereocenters. The van der Waals surface area contributed by atoms with Gasteiger partial charge in [-0.1, -0.05) is 80.6 Å². The second-order valence-electron chi connectivity index (χ2n) is 5.88. The predicted octanol–water partition coefficient (Wildman–Crippen LogP) is 4.97. The van der Waals surface area contributed by atoms with Crippen LogP contribution in [-0.2, 0) is 16.0 Å². The van der Waals surface area contributed by atoms with Gasteiger partial charge in [0.25, 0.3) is 0 Å². The minimum absolute atomic E-state index is 0.0369. The summed E-state index contributed by atoms with van der Waals surface area (Å²) in [6.07, 6.45) is 5.45. The third-order valence-corrected chi connectivity index (χ3v) is 4.16. The first-order valence-corrected chi connectivity index (χ1v) is 8.51. The van der Waals surface area contributed by atoms with Gasteiger partial charge in [-0.3, -0.25) is 9.59 Å². The Labute approximate surface area is 144 Å². The molecule has 124 valence electrons. The van der Waals surface area contributed by atoms with Gasteiger partial charge in [0.15, 0.2) is 0 Å². The van der Waals surface area contributed by atoms with Crippen LogP contribution in [0.1, 0.15) is 43.4 Å². The highest BCUT2D eigenvalue weighted by molar-refractivity contribution is 6.02. The third-order valence-electron chi connectivity index (χ3n) is 4.16. The van der Waals surface area contributed by atoms with Gasteiger partial charge in [-0.25, -0.2) is 0 Å². The van der Waals surface area contributed by atoms with Crippen molar-refractivity contribution >= 4 is 23.7 Å². The Morgan fingerprint density at radius 3 is 1.79 bits per heavy atom. The second kappa shape index (κ2) is 8.97. The lowest BCUT2D eigenvalue weighted by Gasteiger charge is -2.13. The van der Waals surface area contributed by atoms with Crippen molar-refractivity contribution in [1.29, 1.82) is 0 Å². The van der Waals surface area contributed by atoms with Crippen molar-refractivity contribution in [3.05, 3.63) is 71.3 Å². The average Bonchev–Trinajstić information content (AvgIpc) is 2.65. The Bertz CT molecular complexity index is 681.